The molecular formula is C16H7F6NO5S. The Bertz CT molecular complexity index is 1140. The number of benzene rings is 2. The van der Waals surface area contributed by atoms with Crippen molar-refractivity contribution >= 4 is 9.84 Å². The molecule has 29 heavy (non-hydrogen) atoms. The number of ether oxygens (including phenoxy) is 2. The van der Waals surface area contributed by atoms with Gasteiger partial charge >= 0.3 is 11.6 Å². The lowest BCUT2D eigenvalue weighted by Crippen LogP contribution is -2.28. The third-order valence-corrected chi connectivity index (χ3v) is 5.32. The zero-order valence-electron chi connectivity index (χ0n) is 13.7. The maximum absolute atomic E-state index is 13.8. The maximum Gasteiger partial charge on any atom is 0.501 e. The summed E-state index contributed by atoms with van der Waals surface area (Å²) in [4.78, 5) is -1.64. The van der Waals surface area contributed by atoms with Crippen LogP contribution in [0.25, 0.3) is 0 Å². The quantitative estimate of drug-likeness (QED) is 0.731. The molecular weight excluding hydrogens is 432 g/mol. The average molecular weight is 439 g/mol. The zero-order valence-corrected chi connectivity index (χ0v) is 14.5. The van der Waals surface area contributed by atoms with Gasteiger partial charge in [-0.15, -0.1) is 0 Å². The number of aliphatic hydroxyl groups excluding tert-OH is 1. The van der Waals surface area contributed by atoms with Gasteiger partial charge in [0.1, 0.15) is 11.6 Å². The van der Waals surface area contributed by atoms with Crippen molar-refractivity contribution in [2.75, 3.05) is 0 Å². The third kappa shape index (κ3) is 3.45. The molecule has 0 aliphatic carbocycles. The van der Waals surface area contributed by atoms with Crippen molar-refractivity contribution in [1.29, 1.82) is 5.26 Å². The van der Waals surface area contributed by atoms with E-state index in [0.29, 0.717) is 12.1 Å². The van der Waals surface area contributed by atoms with Crippen LogP contribution < -0.4 is 9.47 Å². The second-order valence-corrected chi connectivity index (χ2v) is 7.62. The lowest BCUT2D eigenvalue weighted by Gasteiger charge is -2.15. The van der Waals surface area contributed by atoms with Crippen molar-refractivity contribution in [3.05, 3.63) is 47.3 Å². The smallest absolute Gasteiger partial charge is 0.453 e. The number of hydrogen-bond acceptors (Lipinski definition) is 6. The normalized spacial score (nSPS) is 17.9. The van der Waals surface area contributed by atoms with Gasteiger partial charge in [0.2, 0.25) is 0 Å². The highest BCUT2D eigenvalue weighted by Gasteiger charge is 2.57. The fourth-order valence-electron chi connectivity index (χ4n) is 2.54. The van der Waals surface area contributed by atoms with Gasteiger partial charge in [0, 0.05) is 6.07 Å². The van der Waals surface area contributed by atoms with E-state index in [1.165, 1.54) is 0 Å². The Morgan fingerprint density at radius 3 is 2.45 bits per heavy atom. The summed E-state index contributed by atoms with van der Waals surface area (Å²) in [6.45, 7) is 0. The minimum atomic E-state index is -6.12. The van der Waals surface area contributed by atoms with Gasteiger partial charge in [-0.25, -0.2) is 12.8 Å². The van der Waals surface area contributed by atoms with Crippen LogP contribution in [0, 0.1) is 17.1 Å². The fourth-order valence-corrected chi connectivity index (χ4v) is 3.53. The summed E-state index contributed by atoms with van der Waals surface area (Å²) in [5.41, 5.74) is -7.42. The van der Waals surface area contributed by atoms with Crippen LogP contribution in [-0.4, -0.2) is 25.1 Å². The Balaban J connectivity index is 2.19. The van der Waals surface area contributed by atoms with Gasteiger partial charge in [-0.2, -0.15) is 27.2 Å². The van der Waals surface area contributed by atoms with E-state index in [9.17, 15) is 39.9 Å². The molecule has 1 heterocycles. The van der Waals surface area contributed by atoms with E-state index < -0.39 is 61.1 Å². The second kappa shape index (κ2) is 6.53. The first-order chi connectivity index (χ1) is 13.3. The lowest BCUT2D eigenvalue weighted by molar-refractivity contribution is -0.224. The van der Waals surface area contributed by atoms with E-state index in [0.717, 1.165) is 18.2 Å². The molecule has 1 N–H and O–H groups in total. The van der Waals surface area contributed by atoms with Gasteiger partial charge in [0.05, 0.1) is 22.1 Å². The molecule has 1 atom stereocenters. The van der Waals surface area contributed by atoms with Gasteiger partial charge in [-0.1, -0.05) is 0 Å². The zero-order chi connectivity index (χ0) is 21.8. The van der Waals surface area contributed by atoms with E-state index in [1.54, 1.807) is 6.07 Å². The third-order valence-electron chi connectivity index (χ3n) is 3.77. The van der Waals surface area contributed by atoms with E-state index in [2.05, 4.69) is 4.74 Å². The number of rotatable bonds is 3. The first-order valence-electron chi connectivity index (χ1n) is 7.39. The molecule has 3 rings (SSSR count). The number of hydrogen-bond donors (Lipinski definition) is 1. The van der Waals surface area contributed by atoms with Crippen LogP contribution in [0.15, 0.2) is 35.2 Å². The van der Waals surface area contributed by atoms with E-state index in [1.807, 2.05) is 0 Å². The molecule has 0 spiro atoms. The molecule has 0 amide bonds. The molecule has 0 bridgehead atoms. The first-order valence-corrected chi connectivity index (χ1v) is 8.88. The number of nitrogens with zero attached hydrogens (tertiary/aromatic N) is 1. The Labute approximate surface area is 158 Å². The van der Waals surface area contributed by atoms with E-state index >= 15 is 0 Å². The van der Waals surface area contributed by atoms with Crippen molar-refractivity contribution in [2.45, 2.75) is 22.6 Å². The number of nitriles is 1. The maximum atomic E-state index is 13.8. The van der Waals surface area contributed by atoms with Crippen LogP contribution in [-0.2, 0) is 9.84 Å². The number of aliphatic hydroxyl groups is 1. The van der Waals surface area contributed by atoms with Crippen LogP contribution in [0.5, 0.6) is 17.2 Å². The summed E-state index contributed by atoms with van der Waals surface area (Å²) in [6, 6.07) is 5.01. The number of halogens is 6. The number of sulfone groups is 1. The lowest BCUT2D eigenvalue weighted by atomic mass is 10.1. The van der Waals surface area contributed by atoms with Crippen molar-refractivity contribution in [1.82, 2.24) is 0 Å². The van der Waals surface area contributed by atoms with Crippen LogP contribution in [0.3, 0.4) is 0 Å². The molecule has 6 nitrogen and oxygen atoms in total. The molecule has 2 aromatic rings. The molecule has 13 heteroatoms. The first kappa shape index (κ1) is 20.7. The summed E-state index contributed by atoms with van der Waals surface area (Å²) in [6.07, 6.45) is -7.51. The Morgan fingerprint density at radius 2 is 1.86 bits per heavy atom. The van der Waals surface area contributed by atoms with Gasteiger partial charge in [0.15, 0.2) is 17.6 Å². The van der Waals surface area contributed by atoms with E-state index in [4.69, 9.17) is 10.00 Å². The fraction of sp³-hybridized carbons (Fsp3) is 0.188. The summed E-state index contributed by atoms with van der Waals surface area (Å²) >= 11 is 0. The van der Waals surface area contributed by atoms with Crippen LogP contribution in [0.2, 0.25) is 0 Å². The summed E-state index contributed by atoms with van der Waals surface area (Å²) in [5.74, 6) is -3.26. The summed E-state index contributed by atoms with van der Waals surface area (Å²) in [7, 11) is -6.12. The molecule has 154 valence electrons. The van der Waals surface area contributed by atoms with Crippen LogP contribution in [0.1, 0.15) is 17.2 Å². The van der Waals surface area contributed by atoms with Gasteiger partial charge < -0.3 is 14.6 Å². The SMILES string of the molecule is N#Cc1cc(F)cc(Oc2ccc(S(=O)(=O)C(F)(F)F)c3c2OC(F)(F)[C@H]3O)c1. The minimum absolute atomic E-state index is 0.223. The predicted molar refractivity (Wildman–Crippen MR) is 81.4 cm³/mol. The molecule has 1 aliphatic heterocycles. The highest BCUT2D eigenvalue weighted by molar-refractivity contribution is 7.92. The average Bonchev–Trinajstić information content (AvgIpc) is 2.84. The van der Waals surface area contributed by atoms with Crippen molar-refractivity contribution < 1.29 is 49.3 Å². The largest absolute Gasteiger partial charge is 0.501 e. The van der Waals surface area contributed by atoms with Crippen molar-refractivity contribution in [3.63, 3.8) is 0 Å². The summed E-state index contributed by atoms with van der Waals surface area (Å²) in [5, 5.41) is 18.5. The molecule has 2 aromatic carbocycles. The molecule has 0 saturated carbocycles. The number of alkyl halides is 5. The van der Waals surface area contributed by atoms with Crippen LogP contribution >= 0.6 is 0 Å². The molecule has 0 fully saturated rings. The Hall–Kier alpha value is -2.98. The van der Waals surface area contributed by atoms with Gasteiger partial charge in [-0.05, 0) is 24.3 Å². The predicted octanol–water partition coefficient (Wildman–Crippen LogP) is 3.80. The molecule has 0 radical (unpaired) electrons. The van der Waals surface area contributed by atoms with Crippen molar-refractivity contribution in [2.24, 2.45) is 0 Å². The molecule has 0 aromatic heterocycles. The monoisotopic (exact) mass is 439 g/mol. The van der Waals surface area contributed by atoms with Crippen LogP contribution in [0.4, 0.5) is 26.3 Å². The number of fused-ring (bicyclic) bond motifs is 1. The highest BCUT2D eigenvalue weighted by atomic mass is 32.2. The van der Waals surface area contributed by atoms with E-state index in [-0.39, 0.29) is 5.56 Å². The standard InChI is InChI=1S/C16H7F6NO5S/c17-8-3-7(6-23)4-9(5-8)27-10-1-2-11(29(25,26)16(20,21)22)12-13(10)28-15(18,19)14(12)24/h1-5,14,24H/t14-/m0/s1. The molecule has 0 unspecified atom stereocenters. The second-order valence-electron chi connectivity index (χ2n) is 5.71. The minimum Gasteiger partial charge on any atom is -0.453 e. The van der Waals surface area contributed by atoms with Gasteiger partial charge in [0.25, 0.3) is 9.84 Å². The summed E-state index contributed by atoms with van der Waals surface area (Å²) < 4.78 is 112. The molecule has 1 aliphatic rings. The molecule has 0 saturated heterocycles. The Morgan fingerprint density at radius 1 is 1.21 bits per heavy atom. The van der Waals surface area contributed by atoms with Gasteiger partial charge in [-0.3, -0.25) is 0 Å². The highest BCUT2D eigenvalue weighted by Crippen LogP contribution is 2.54. The topological polar surface area (TPSA) is 96.6 Å². The van der Waals surface area contributed by atoms with Crippen molar-refractivity contribution in [3.8, 4) is 23.3 Å². The Kier molecular flexibility index (Phi) is 4.67.